The summed E-state index contributed by atoms with van der Waals surface area (Å²) in [5, 5.41) is 10.1. The molecule has 0 unspecified atom stereocenters. The summed E-state index contributed by atoms with van der Waals surface area (Å²) in [5.74, 6) is -1.10. The number of sulfonamides is 1. The van der Waals surface area contributed by atoms with Crippen molar-refractivity contribution >= 4 is 27.3 Å². The molecular weight excluding hydrogens is 262 g/mol. The van der Waals surface area contributed by atoms with E-state index in [-0.39, 0.29) is 15.8 Å². The summed E-state index contributed by atoms with van der Waals surface area (Å²) in [5.41, 5.74) is 0. The topological polar surface area (TPSA) is 83.5 Å². The zero-order chi connectivity index (χ0) is 12.5. The third-order valence-electron chi connectivity index (χ3n) is 2.77. The number of carboxylic acid groups (broad SMARTS) is 1. The van der Waals surface area contributed by atoms with Crippen LogP contribution in [0.1, 0.15) is 35.4 Å². The Hall–Kier alpha value is -0.920. The lowest BCUT2D eigenvalue weighted by molar-refractivity contribution is 0.0702. The summed E-state index contributed by atoms with van der Waals surface area (Å²) in [4.78, 5) is 10.8. The molecule has 17 heavy (non-hydrogen) atoms. The molecule has 0 bridgehead atoms. The molecule has 0 aliphatic heterocycles. The maximum atomic E-state index is 11.9. The van der Waals surface area contributed by atoms with Gasteiger partial charge in [0.05, 0.1) is 4.90 Å². The lowest BCUT2D eigenvalue weighted by Crippen LogP contribution is -2.32. The van der Waals surface area contributed by atoms with E-state index in [1.54, 1.807) is 0 Å². The quantitative estimate of drug-likeness (QED) is 0.875. The van der Waals surface area contributed by atoms with Crippen LogP contribution in [0.25, 0.3) is 0 Å². The van der Waals surface area contributed by atoms with Gasteiger partial charge in [-0.15, -0.1) is 11.3 Å². The van der Waals surface area contributed by atoms with E-state index in [0.29, 0.717) is 0 Å². The summed E-state index contributed by atoms with van der Waals surface area (Å²) in [7, 11) is -3.56. The van der Waals surface area contributed by atoms with Crippen LogP contribution >= 0.6 is 11.3 Å². The lowest BCUT2D eigenvalue weighted by Gasteiger charge is -2.10. The maximum Gasteiger partial charge on any atom is 0.345 e. The molecule has 0 saturated heterocycles. The second-order valence-corrected chi connectivity index (χ2v) is 6.68. The number of thiophene rings is 1. The molecule has 2 N–H and O–H groups in total. The van der Waals surface area contributed by atoms with Gasteiger partial charge in [-0.3, -0.25) is 0 Å². The van der Waals surface area contributed by atoms with E-state index < -0.39 is 16.0 Å². The Kier molecular flexibility index (Phi) is 3.50. The van der Waals surface area contributed by atoms with Crippen LogP contribution in [-0.2, 0) is 10.0 Å². The van der Waals surface area contributed by atoms with Crippen molar-refractivity contribution in [1.29, 1.82) is 0 Å². The molecule has 1 aromatic rings. The van der Waals surface area contributed by atoms with E-state index in [4.69, 9.17) is 5.11 Å². The van der Waals surface area contributed by atoms with Crippen LogP contribution in [0.4, 0.5) is 0 Å². The summed E-state index contributed by atoms with van der Waals surface area (Å²) in [6.45, 7) is 0. The molecule has 1 aliphatic rings. The van der Waals surface area contributed by atoms with Crippen LogP contribution in [0, 0.1) is 0 Å². The number of aromatic carboxylic acids is 1. The van der Waals surface area contributed by atoms with Crippen molar-refractivity contribution in [1.82, 2.24) is 4.72 Å². The Labute approximate surface area is 104 Å². The minimum absolute atomic E-state index is 0.00632. The minimum atomic E-state index is -3.56. The Morgan fingerprint density at radius 2 is 2.06 bits per heavy atom. The van der Waals surface area contributed by atoms with Gasteiger partial charge in [0.1, 0.15) is 4.88 Å². The summed E-state index contributed by atoms with van der Waals surface area (Å²) in [6.07, 6.45) is 3.79. The number of hydrogen-bond acceptors (Lipinski definition) is 4. The van der Waals surface area contributed by atoms with E-state index in [9.17, 15) is 13.2 Å². The van der Waals surface area contributed by atoms with Gasteiger partial charge in [-0.2, -0.15) is 0 Å². The zero-order valence-corrected chi connectivity index (χ0v) is 10.7. The van der Waals surface area contributed by atoms with E-state index >= 15 is 0 Å². The van der Waals surface area contributed by atoms with Gasteiger partial charge in [-0.1, -0.05) is 12.8 Å². The molecule has 0 radical (unpaired) electrons. The number of nitrogens with one attached hydrogen (secondary N) is 1. The van der Waals surface area contributed by atoms with Crippen molar-refractivity contribution in [3.8, 4) is 0 Å². The highest BCUT2D eigenvalue weighted by Gasteiger charge is 2.24. The average Bonchev–Trinajstić information content (AvgIpc) is 2.84. The molecule has 7 heteroatoms. The van der Waals surface area contributed by atoms with Crippen LogP contribution in [0.15, 0.2) is 16.3 Å². The second-order valence-electron chi connectivity index (χ2n) is 4.05. The van der Waals surface area contributed by atoms with Crippen LogP contribution in [0.3, 0.4) is 0 Å². The average molecular weight is 275 g/mol. The van der Waals surface area contributed by atoms with Gasteiger partial charge < -0.3 is 5.11 Å². The first kappa shape index (κ1) is 12.5. The smallest absolute Gasteiger partial charge is 0.345 e. The monoisotopic (exact) mass is 275 g/mol. The fraction of sp³-hybridized carbons (Fsp3) is 0.500. The van der Waals surface area contributed by atoms with Crippen molar-refractivity contribution in [2.24, 2.45) is 0 Å². The van der Waals surface area contributed by atoms with Crippen LogP contribution in [0.2, 0.25) is 0 Å². The summed E-state index contributed by atoms with van der Waals surface area (Å²) >= 11 is 0.924. The fourth-order valence-electron chi connectivity index (χ4n) is 1.90. The summed E-state index contributed by atoms with van der Waals surface area (Å²) < 4.78 is 26.5. The van der Waals surface area contributed by atoms with Gasteiger partial charge in [0.2, 0.25) is 10.0 Å². The normalized spacial score (nSPS) is 17.4. The Bertz CT molecular complexity index is 514. The molecule has 0 atom stereocenters. The third-order valence-corrected chi connectivity index (χ3v) is 5.34. The van der Waals surface area contributed by atoms with Gasteiger partial charge >= 0.3 is 5.97 Å². The maximum absolute atomic E-state index is 11.9. The van der Waals surface area contributed by atoms with Crippen LogP contribution in [-0.4, -0.2) is 25.5 Å². The zero-order valence-electron chi connectivity index (χ0n) is 9.05. The standard InChI is InChI=1S/C10H13NO4S2/c12-10(13)9-5-8(6-16-9)17(14,15)11-7-3-1-2-4-7/h5-7,11H,1-4H2,(H,12,13). The second kappa shape index (κ2) is 4.75. The van der Waals surface area contributed by atoms with E-state index in [1.807, 2.05) is 0 Å². The predicted octanol–water partition coefficient (Wildman–Crippen LogP) is 1.67. The molecule has 5 nitrogen and oxygen atoms in total. The number of rotatable bonds is 4. The largest absolute Gasteiger partial charge is 0.477 e. The number of carboxylic acids is 1. The van der Waals surface area contributed by atoms with Crippen molar-refractivity contribution in [3.05, 3.63) is 16.3 Å². The number of carbonyl (C=O) groups is 1. The lowest BCUT2D eigenvalue weighted by atomic mass is 10.3. The molecule has 0 spiro atoms. The third kappa shape index (κ3) is 2.85. The van der Waals surface area contributed by atoms with Crippen LogP contribution in [0.5, 0.6) is 0 Å². The van der Waals surface area contributed by atoms with Crippen LogP contribution < -0.4 is 4.72 Å². The first-order valence-corrected chi connectivity index (χ1v) is 7.69. The Morgan fingerprint density at radius 1 is 1.41 bits per heavy atom. The van der Waals surface area contributed by atoms with Gasteiger partial charge in [0.25, 0.3) is 0 Å². The highest BCUT2D eigenvalue weighted by Crippen LogP contribution is 2.23. The highest BCUT2D eigenvalue weighted by molar-refractivity contribution is 7.89. The van der Waals surface area contributed by atoms with Gasteiger partial charge in [-0.25, -0.2) is 17.9 Å². The van der Waals surface area contributed by atoms with E-state index in [0.717, 1.165) is 37.0 Å². The molecule has 1 aromatic heterocycles. The SMILES string of the molecule is O=C(O)c1cc(S(=O)(=O)NC2CCCC2)cs1. The molecule has 0 aromatic carbocycles. The van der Waals surface area contributed by atoms with E-state index in [2.05, 4.69) is 4.72 Å². The fourth-order valence-corrected chi connectivity index (χ4v) is 4.32. The molecule has 94 valence electrons. The molecule has 1 fully saturated rings. The number of hydrogen-bond donors (Lipinski definition) is 2. The molecule has 0 amide bonds. The Morgan fingerprint density at radius 3 is 2.59 bits per heavy atom. The first-order valence-electron chi connectivity index (χ1n) is 5.33. The molecule has 1 saturated carbocycles. The van der Waals surface area contributed by atoms with Gasteiger partial charge in [0.15, 0.2) is 0 Å². The van der Waals surface area contributed by atoms with E-state index in [1.165, 1.54) is 11.4 Å². The predicted molar refractivity (Wildman–Crippen MR) is 63.9 cm³/mol. The van der Waals surface area contributed by atoms with Gasteiger partial charge in [-0.05, 0) is 18.9 Å². The highest BCUT2D eigenvalue weighted by atomic mass is 32.2. The van der Waals surface area contributed by atoms with Crippen molar-refractivity contribution in [2.45, 2.75) is 36.6 Å². The summed E-state index contributed by atoms with van der Waals surface area (Å²) in [6, 6.07) is 1.19. The molecular formula is C10H13NO4S2. The Balaban J connectivity index is 2.15. The minimum Gasteiger partial charge on any atom is -0.477 e. The van der Waals surface area contributed by atoms with Crippen molar-refractivity contribution in [2.75, 3.05) is 0 Å². The molecule has 1 aliphatic carbocycles. The van der Waals surface area contributed by atoms with Crippen molar-refractivity contribution < 1.29 is 18.3 Å². The van der Waals surface area contributed by atoms with Gasteiger partial charge in [0, 0.05) is 11.4 Å². The van der Waals surface area contributed by atoms with Crippen molar-refractivity contribution in [3.63, 3.8) is 0 Å². The molecule has 1 heterocycles. The first-order chi connectivity index (χ1) is 7.99. The molecule has 2 rings (SSSR count).